The molecule has 0 fully saturated rings. The summed E-state index contributed by atoms with van der Waals surface area (Å²) < 4.78 is 9.46. The fourth-order valence-electron chi connectivity index (χ4n) is 3.33. The molecule has 2 aromatic carbocycles. The number of rotatable bonds is 8. The summed E-state index contributed by atoms with van der Waals surface area (Å²) in [6.45, 7) is 2.62. The van der Waals surface area contributed by atoms with Crippen molar-refractivity contribution >= 4 is 0 Å². The molecule has 6 heteroatoms. The smallest absolute Gasteiger partial charge is 0.119 e. The Morgan fingerprint density at radius 1 is 1.07 bits per heavy atom. The van der Waals surface area contributed by atoms with Crippen molar-refractivity contribution in [1.82, 2.24) is 24.2 Å². The summed E-state index contributed by atoms with van der Waals surface area (Å²) in [5, 5.41) is 4.91. The lowest BCUT2D eigenvalue weighted by Crippen LogP contribution is -2.22. The van der Waals surface area contributed by atoms with E-state index >= 15 is 0 Å². The Balaban J connectivity index is 1.62. The predicted octanol–water partition coefficient (Wildman–Crippen LogP) is 3.88. The fraction of sp³-hybridized carbons (Fsp3) is 0.217. The number of hydrogen-bond acceptors (Lipinski definition) is 4. The van der Waals surface area contributed by atoms with Gasteiger partial charge in [-0.2, -0.15) is 5.10 Å². The van der Waals surface area contributed by atoms with Gasteiger partial charge in [-0.25, -0.2) is 9.67 Å². The van der Waals surface area contributed by atoms with Crippen LogP contribution in [0.15, 0.2) is 79.5 Å². The van der Waals surface area contributed by atoms with Gasteiger partial charge in [0.2, 0.25) is 0 Å². The van der Waals surface area contributed by atoms with Crippen LogP contribution in [-0.2, 0) is 13.1 Å². The highest BCUT2D eigenvalue weighted by Gasteiger charge is 2.15. The van der Waals surface area contributed by atoms with Crippen molar-refractivity contribution in [2.75, 3.05) is 20.7 Å². The average Bonchev–Trinajstić information content (AvgIpc) is 3.43. The van der Waals surface area contributed by atoms with E-state index in [9.17, 15) is 0 Å². The molecule has 6 nitrogen and oxygen atoms in total. The third-order valence-corrected chi connectivity index (χ3v) is 4.89. The number of methoxy groups -OCH3 is 1. The van der Waals surface area contributed by atoms with Gasteiger partial charge in [0.15, 0.2) is 0 Å². The predicted molar refractivity (Wildman–Crippen MR) is 114 cm³/mol. The SMILES string of the molecule is COc1cccc(-c2nn(-c3ccccc3)cc2CN(C)CCn2ccnc2)c1. The number of imidazole rings is 1. The Morgan fingerprint density at radius 2 is 1.93 bits per heavy atom. The Morgan fingerprint density at radius 3 is 2.69 bits per heavy atom. The molecular formula is C23H25N5O. The monoisotopic (exact) mass is 387 g/mol. The number of nitrogens with zero attached hydrogens (tertiary/aromatic N) is 5. The Hall–Kier alpha value is -3.38. The maximum atomic E-state index is 5.41. The van der Waals surface area contributed by atoms with Gasteiger partial charge in [-0.3, -0.25) is 0 Å². The summed E-state index contributed by atoms with van der Waals surface area (Å²) >= 11 is 0. The molecule has 2 aromatic heterocycles. The molecular weight excluding hydrogens is 362 g/mol. The zero-order chi connectivity index (χ0) is 20.1. The van der Waals surface area contributed by atoms with Crippen LogP contribution in [-0.4, -0.2) is 44.9 Å². The third-order valence-electron chi connectivity index (χ3n) is 4.89. The molecule has 0 aliphatic carbocycles. The number of aromatic nitrogens is 4. The van der Waals surface area contributed by atoms with Gasteiger partial charge < -0.3 is 14.2 Å². The van der Waals surface area contributed by atoms with Crippen molar-refractivity contribution in [1.29, 1.82) is 0 Å². The largest absolute Gasteiger partial charge is 0.497 e. The number of para-hydroxylation sites is 1. The van der Waals surface area contributed by atoms with E-state index in [2.05, 4.69) is 45.9 Å². The second-order valence-corrected chi connectivity index (χ2v) is 7.05. The number of ether oxygens (including phenoxy) is 1. The normalized spacial score (nSPS) is 11.1. The molecule has 2 heterocycles. The molecule has 0 spiro atoms. The van der Waals surface area contributed by atoms with Crippen molar-refractivity contribution in [2.24, 2.45) is 0 Å². The molecule has 29 heavy (non-hydrogen) atoms. The van der Waals surface area contributed by atoms with Crippen LogP contribution in [0.3, 0.4) is 0 Å². The van der Waals surface area contributed by atoms with Crippen LogP contribution in [0.4, 0.5) is 0 Å². The fourth-order valence-corrected chi connectivity index (χ4v) is 3.33. The minimum Gasteiger partial charge on any atom is -0.497 e. The Bertz CT molecular complexity index is 1040. The molecule has 0 amide bonds. The molecule has 148 valence electrons. The second kappa shape index (κ2) is 8.75. The van der Waals surface area contributed by atoms with Crippen molar-refractivity contribution in [2.45, 2.75) is 13.1 Å². The first kappa shape index (κ1) is 19.0. The molecule has 4 aromatic rings. The summed E-state index contributed by atoms with van der Waals surface area (Å²) in [7, 11) is 3.82. The van der Waals surface area contributed by atoms with E-state index in [4.69, 9.17) is 9.84 Å². The summed E-state index contributed by atoms with van der Waals surface area (Å²) in [6, 6.07) is 18.3. The molecule has 0 unspecified atom stereocenters. The standard InChI is InChI=1S/C23H25N5O/c1-26(13-14-27-12-11-24-18-27)16-20-17-28(21-8-4-3-5-9-21)25-23(20)19-7-6-10-22(15-19)29-2/h3-12,15,17-18H,13-14,16H2,1-2H3. The van der Waals surface area contributed by atoms with Crippen LogP contribution in [0.25, 0.3) is 16.9 Å². The highest BCUT2D eigenvalue weighted by molar-refractivity contribution is 5.65. The minimum atomic E-state index is 0.800. The third kappa shape index (κ3) is 4.55. The van der Waals surface area contributed by atoms with Crippen molar-refractivity contribution < 1.29 is 4.74 Å². The van der Waals surface area contributed by atoms with Crippen LogP contribution < -0.4 is 4.74 Å². The molecule has 0 atom stereocenters. The maximum Gasteiger partial charge on any atom is 0.119 e. The van der Waals surface area contributed by atoms with Gasteiger partial charge >= 0.3 is 0 Å². The zero-order valence-corrected chi connectivity index (χ0v) is 16.8. The highest BCUT2D eigenvalue weighted by atomic mass is 16.5. The van der Waals surface area contributed by atoms with E-state index in [0.717, 1.165) is 42.3 Å². The van der Waals surface area contributed by atoms with E-state index < -0.39 is 0 Å². The first-order chi connectivity index (χ1) is 14.2. The molecule has 0 saturated carbocycles. The average molecular weight is 387 g/mol. The van der Waals surface area contributed by atoms with Gasteiger partial charge in [0, 0.05) is 49.4 Å². The second-order valence-electron chi connectivity index (χ2n) is 7.05. The van der Waals surface area contributed by atoms with Gasteiger partial charge in [-0.1, -0.05) is 30.3 Å². The molecule has 0 bridgehead atoms. The highest BCUT2D eigenvalue weighted by Crippen LogP contribution is 2.27. The summed E-state index contributed by atoms with van der Waals surface area (Å²) in [4.78, 5) is 6.41. The number of hydrogen-bond donors (Lipinski definition) is 0. The molecule has 4 rings (SSSR count). The minimum absolute atomic E-state index is 0.800. The van der Waals surface area contributed by atoms with Crippen molar-refractivity contribution in [3.05, 3.63) is 85.1 Å². The molecule has 0 aliphatic rings. The summed E-state index contributed by atoms with van der Waals surface area (Å²) in [6.07, 6.45) is 7.77. The van der Waals surface area contributed by atoms with Gasteiger partial charge in [0.1, 0.15) is 5.75 Å². The van der Waals surface area contributed by atoms with Crippen LogP contribution >= 0.6 is 0 Å². The zero-order valence-electron chi connectivity index (χ0n) is 16.8. The van der Waals surface area contributed by atoms with E-state index in [1.54, 1.807) is 7.11 Å². The molecule has 0 N–H and O–H groups in total. The topological polar surface area (TPSA) is 48.1 Å². The lowest BCUT2D eigenvalue weighted by atomic mass is 10.1. The first-order valence-electron chi connectivity index (χ1n) is 9.65. The Labute approximate surface area is 171 Å². The van der Waals surface area contributed by atoms with E-state index in [0.29, 0.717) is 0 Å². The van der Waals surface area contributed by atoms with Gasteiger partial charge in [-0.05, 0) is 31.3 Å². The molecule has 0 radical (unpaired) electrons. The quantitative estimate of drug-likeness (QED) is 0.460. The molecule has 0 saturated heterocycles. The molecule has 0 aliphatic heterocycles. The van der Waals surface area contributed by atoms with E-state index in [1.165, 1.54) is 5.56 Å². The van der Waals surface area contributed by atoms with Crippen molar-refractivity contribution in [3.63, 3.8) is 0 Å². The van der Waals surface area contributed by atoms with Crippen LogP contribution in [0.1, 0.15) is 5.56 Å². The Kier molecular flexibility index (Phi) is 5.72. The number of benzene rings is 2. The lowest BCUT2D eigenvalue weighted by Gasteiger charge is -2.16. The van der Waals surface area contributed by atoms with Crippen LogP contribution in [0.2, 0.25) is 0 Å². The maximum absolute atomic E-state index is 5.41. The summed E-state index contributed by atoms with van der Waals surface area (Å²) in [5.41, 5.74) is 4.25. The first-order valence-corrected chi connectivity index (χ1v) is 9.65. The van der Waals surface area contributed by atoms with Crippen molar-refractivity contribution in [3.8, 4) is 22.7 Å². The van der Waals surface area contributed by atoms with Gasteiger partial charge in [-0.15, -0.1) is 0 Å². The van der Waals surface area contributed by atoms with Gasteiger partial charge in [0.25, 0.3) is 0 Å². The van der Waals surface area contributed by atoms with Crippen LogP contribution in [0.5, 0.6) is 5.75 Å². The van der Waals surface area contributed by atoms with Crippen LogP contribution in [0, 0.1) is 0 Å². The van der Waals surface area contributed by atoms with E-state index in [1.807, 2.05) is 59.8 Å². The lowest BCUT2D eigenvalue weighted by molar-refractivity contribution is 0.312. The number of likely N-dealkylation sites (N-methyl/N-ethyl adjacent to an activating group) is 1. The van der Waals surface area contributed by atoms with Gasteiger partial charge in [0.05, 0.1) is 24.8 Å². The van der Waals surface area contributed by atoms with E-state index in [-0.39, 0.29) is 0 Å². The summed E-state index contributed by atoms with van der Waals surface area (Å²) in [5.74, 6) is 0.830.